The van der Waals surface area contributed by atoms with Gasteiger partial charge in [-0.3, -0.25) is 4.79 Å². The number of hydrogen-bond donors (Lipinski definition) is 2. The Hall–Kier alpha value is -1.62. The van der Waals surface area contributed by atoms with Crippen molar-refractivity contribution in [1.82, 2.24) is 5.32 Å². The Morgan fingerprint density at radius 2 is 2.18 bits per heavy atom. The molecule has 0 saturated heterocycles. The van der Waals surface area contributed by atoms with E-state index in [1.807, 2.05) is 6.92 Å². The molecule has 17 heavy (non-hydrogen) atoms. The van der Waals surface area contributed by atoms with Gasteiger partial charge in [0.2, 0.25) is 0 Å². The number of ether oxygens (including phenoxy) is 1. The maximum absolute atomic E-state index is 12.0. The minimum atomic E-state index is -0.289. The van der Waals surface area contributed by atoms with Crippen molar-refractivity contribution in [2.24, 2.45) is 5.73 Å². The summed E-state index contributed by atoms with van der Waals surface area (Å²) in [4.78, 5) is 12.3. The molecule has 0 bridgehead atoms. The maximum atomic E-state index is 12.0. The highest BCUT2D eigenvalue weighted by Gasteiger charge is 2.16. The lowest BCUT2D eigenvalue weighted by Gasteiger charge is -2.16. The molecule has 1 atom stereocenters. The van der Waals surface area contributed by atoms with Crippen LogP contribution in [0.4, 0.5) is 0 Å². The Bertz CT molecular complexity index is 421. The molecular formula is C12H16N2O2S. The number of methoxy groups -OCH3 is 1. The first-order valence-electron chi connectivity index (χ1n) is 5.33. The van der Waals surface area contributed by atoms with Gasteiger partial charge in [-0.2, -0.15) is 0 Å². The van der Waals surface area contributed by atoms with E-state index < -0.39 is 0 Å². The zero-order chi connectivity index (χ0) is 12.8. The van der Waals surface area contributed by atoms with E-state index in [1.54, 1.807) is 24.3 Å². The zero-order valence-corrected chi connectivity index (χ0v) is 10.7. The molecule has 0 heterocycles. The molecule has 1 aromatic carbocycles. The van der Waals surface area contributed by atoms with Crippen LogP contribution in [0.3, 0.4) is 0 Å². The third-order valence-corrected chi connectivity index (χ3v) is 2.69. The second-order valence-electron chi connectivity index (χ2n) is 3.54. The highest BCUT2D eigenvalue weighted by Crippen LogP contribution is 2.17. The quantitative estimate of drug-likeness (QED) is 0.779. The molecule has 5 heteroatoms. The predicted octanol–water partition coefficient (Wildman–Crippen LogP) is 1.49. The summed E-state index contributed by atoms with van der Waals surface area (Å²) in [6, 6.07) is 6.72. The van der Waals surface area contributed by atoms with Crippen molar-refractivity contribution < 1.29 is 9.53 Å². The molecule has 1 amide bonds. The van der Waals surface area contributed by atoms with Crippen LogP contribution in [0.2, 0.25) is 0 Å². The summed E-state index contributed by atoms with van der Waals surface area (Å²) in [6.07, 6.45) is 0.663. The van der Waals surface area contributed by atoms with Crippen molar-refractivity contribution in [3.63, 3.8) is 0 Å². The van der Waals surface area contributed by atoms with E-state index in [0.29, 0.717) is 17.7 Å². The molecule has 1 rings (SSSR count). The third-order valence-electron chi connectivity index (χ3n) is 2.41. The van der Waals surface area contributed by atoms with Crippen LogP contribution in [0.5, 0.6) is 5.75 Å². The monoisotopic (exact) mass is 252 g/mol. The highest BCUT2D eigenvalue weighted by molar-refractivity contribution is 7.80. The van der Waals surface area contributed by atoms with Crippen LogP contribution in [0.25, 0.3) is 0 Å². The number of benzene rings is 1. The molecule has 1 unspecified atom stereocenters. The van der Waals surface area contributed by atoms with Gasteiger partial charge in [0.1, 0.15) is 5.75 Å². The van der Waals surface area contributed by atoms with Crippen LogP contribution < -0.4 is 15.8 Å². The first-order chi connectivity index (χ1) is 8.10. The molecular weight excluding hydrogens is 236 g/mol. The molecule has 92 valence electrons. The minimum absolute atomic E-state index is 0.234. The maximum Gasteiger partial charge on any atom is 0.255 e. The topological polar surface area (TPSA) is 64.3 Å². The summed E-state index contributed by atoms with van der Waals surface area (Å²) in [5.41, 5.74) is 6.01. The van der Waals surface area contributed by atoms with E-state index in [9.17, 15) is 4.79 Å². The van der Waals surface area contributed by atoms with E-state index in [4.69, 9.17) is 22.7 Å². The number of rotatable bonds is 5. The van der Waals surface area contributed by atoms with Gasteiger partial charge in [-0.1, -0.05) is 31.3 Å². The molecule has 0 aliphatic carbocycles. The van der Waals surface area contributed by atoms with E-state index in [0.717, 1.165) is 0 Å². The SMILES string of the molecule is CCC(NC(=O)c1ccccc1OC)C(N)=S. The molecule has 0 fully saturated rings. The molecule has 0 saturated carbocycles. The molecule has 3 N–H and O–H groups in total. The van der Waals surface area contributed by atoms with Crippen LogP contribution in [-0.2, 0) is 0 Å². The number of nitrogens with two attached hydrogens (primary N) is 1. The molecule has 0 spiro atoms. The summed E-state index contributed by atoms with van der Waals surface area (Å²) in [7, 11) is 1.52. The summed E-state index contributed by atoms with van der Waals surface area (Å²) < 4.78 is 5.12. The van der Waals surface area contributed by atoms with Crippen molar-refractivity contribution in [2.75, 3.05) is 7.11 Å². The molecule has 0 aliphatic heterocycles. The van der Waals surface area contributed by atoms with Gasteiger partial charge in [0.15, 0.2) is 0 Å². The fraction of sp³-hybridized carbons (Fsp3) is 0.333. The van der Waals surface area contributed by atoms with Crippen molar-refractivity contribution in [2.45, 2.75) is 19.4 Å². The average Bonchev–Trinajstić information content (AvgIpc) is 2.35. The number of nitrogens with one attached hydrogen (secondary N) is 1. The fourth-order valence-electron chi connectivity index (χ4n) is 1.44. The number of amides is 1. The van der Waals surface area contributed by atoms with E-state index in [2.05, 4.69) is 5.32 Å². The van der Waals surface area contributed by atoms with Crippen LogP contribution in [0.1, 0.15) is 23.7 Å². The van der Waals surface area contributed by atoms with Gasteiger partial charge in [-0.05, 0) is 18.6 Å². The summed E-state index contributed by atoms with van der Waals surface area (Å²) in [6.45, 7) is 1.91. The predicted molar refractivity (Wildman–Crippen MR) is 71.3 cm³/mol. The van der Waals surface area contributed by atoms with Crippen molar-refractivity contribution in [3.05, 3.63) is 29.8 Å². The normalized spacial score (nSPS) is 11.6. The smallest absolute Gasteiger partial charge is 0.255 e. The molecule has 1 aromatic rings. The van der Waals surface area contributed by atoms with Crippen molar-refractivity contribution >= 4 is 23.1 Å². The van der Waals surface area contributed by atoms with E-state index in [1.165, 1.54) is 7.11 Å². The second-order valence-corrected chi connectivity index (χ2v) is 4.01. The summed E-state index contributed by atoms with van der Waals surface area (Å²) in [5, 5.41) is 2.77. The fourth-order valence-corrected chi connectivity index (χ4v) is 1.67. The zero-order valence-electron chi connectivity index (χ0n) is 9.90. The van der Waals surface area contributed by atoms with E-state index in [-0.39, 0.29) is 16.9 Å². The number of para-hydroxylation sites is 1. The average molecular weight is 252 g/mol. The second kappa shape index (κ2) is 6.20. The summed E-state index contributed by atoms with van der Waals surface area (Å²) in [5.74, 6) is 0.296. The van der Waals surface area contributed by atoms with Crippen molar-refractivity contribution in [3.8, 4) is 5.75 Å². The Balaban J connectivity index is 2.86. The summed E-state index contributed by atoms with van der Waals surface area (Å²) >= 11 is 4.88. The number of carbonyl (C=O) groups is 1. The Labute approximate surface area is 106 Å². The first-order valence-corrected chi connectivity index (χ1v) is 5.74. The van der Waals surface area contributed by atoms with E-state index >= 15 is 0 Å². The molecule has 4 nitrogen and oxygen atoms in total. The Morgan fingerprint density at radius 3 is 2.71 bits per heavy atom. The first kappa shape index (κ1) is 13.4. The van der Waals surface area contributed by atoms with Gasteiger partial charge in [-0.25, -0.2) is 0 Å². The molecule has 0 aliphatic rings. The lowest BCUT2D eigenvalue weighted by Crippen LogP contribution is -2.43. The lowest BCUT2D eigenvalue weighted by molar-refractivity contribution is 0.0943. The van der Waals surface area contributed by atoms with Gasteiger partial charge < -0.3 is 15.8 Å². The number of thiocarbonyl (C=S) groups is 1. The van der Waals surface area contributed by atoms with Crippen molar-refractivity contribution in [1.29, 1.82) is 0 Å². The Morgan fingerprint density at radius 1 is 1.53 bits per heavy atom. The molecule has 0 aromatic heterocycles. The Kier molecular flexibility index (Phi) is 4.90. The minimum Gasteiger partial charge on any atom is -0.496 e. The van der Waals surface area contributed by atoms with Crippen LogP contribution >= 0.6 is 12.2 Å². The molecule has 0 radical (unpaired) electrons. The van der Waals surface area contributed by atoms with Gasteiger partial charge in [0.25, 0.3) is 5.91 Å². The standard InChI is InChI=1S/C12H16N2O2S/c1-3-9(11(13)17)14-12(15)8-6-4-5-7-10(8)16-2/h4-7,9H,3H2,1-2H3,(H2,13,17)(H,14,15). The van der Waals surface area contributed by atoms with Gasteiger partial charge in [0.05, 0.1) is 23.7 Å². The third kappa shape index (κ3) is 3.42. The van der Waals surface area contributed by atoms with Crippen LogP contribution in [0, 0.1) is 0 Å². The largest absolute Gasteiger partial charge is 0.496 e. The lowest BCUT2D eigenvalue weighted by atomic mass is 10.1. The van der Waals surface area contributed by atoms with Crippen LogP contribution in [-0.4, -0.2) is 24.0 Å². The van der Waals surface area contributed by atoms with Gasteiger partial charge >= 0.3 is 0 Å². The number of hydrogen-bond acceptors (Lipinski definition) is 3. The van der Waals surface area contributed by atoms with Gasteiger partial charge in [-0.15, -0.1) is 0 Å². The number of carbonyl (C=O) groups excluding carboxylic acids is 1. The highest BCUT2D eigenvalue weighted by atomic mass is 32.1. The van der Waals surface area contributed by atoms with Gasteiger partial charge in [0, 0.05) is 0 Å². The van der Waals surface area contributed by atoms with Crippen LogP contribution in [0.15, 0.2) is 24.3 Å².